The normalized spacial score (nSPS) is 22.2. The highest BCUT2D eigenvalue weighted by molar-refractivity contribution is 5.98. The lowest BCUT2D eigenvalue weighted by molar-refractivity contribution is -0.122. The highest BCUT2D eigenvalue weighted by atomic mass is 16.5. The van der Waals surface area contributed by atoms with Gasteiger partial charge in [0.05, 0.1) is 25.3 Å². The zero-order chi connectivity index (χ0) is 13.2. The number of nitrogens with zero attached hydrogens (tertiary/aromatic N) is 1. The van der Waals surface area contributed by atoms with Crippen LogP contribution in [0.2, 0.25) is 0 Å². The molecule has 4 nitrogen and oxygen atoms in total. The first kappa shape index (κ1) is 12.5. The summed E-state index contributed by atoms with van der Waals surface area (Å²) in [5, 5.41) is 0. The van der Waals surface area contributed by atoms with Crippen LogP contribution in [-0.4, -0.2) is 32.8 Å². The fourth-order valence-electron chi connectivity index (χ4n) is 2.95. The summed E-state index contributed by atoms with van der Waals surface area (Å²) in [5.74, 6) is 0.989. The molecular formula is C15H19NO3. The number of rotatable bonds is 2. The third-order valence-electron chi connectivity index (χ3n) is 3.95. The monoisotopic (exact) mass is 261 g/mol. The van der Waals surface area contributed by atoms with Gasteiger partial charge in [-0.15, -0.1) is 0 Å². The minimum absolute atomic E-state index is 0.0101. The Balaban J connectivity index is 1.94. The highest BCUT2D eigenvalue weighted by Gasteiger charge is 2.32. The van der Waals surface area contributed by atoms with Crippen molar-refractivity contribution in [2.45, 2.75) is 19.3 Å². The molecule has 3 rings (SSSR count). The molecule has 1 fully saturated rings. The topological polar surface area (TPSA) is 38.8 Å². The average molecular weight is 261 g/mol. The van der Waals surface area contributed by atoms with Crippen LogP contribution in [0.4, 0.5) is 5.69 Å². The Labute approximate surface area is 113 Å². The molecule has 102 valence electrons. The van der Waals surface area contributed by atoms with E-state index < -0.39 is 0 Å². The first-order valence-electron chi connectivity index (χ1n) is 6.86. The maximum atomic E-state index is 12.6. The molecular weight excluding hydrogens is 242 g/mol. The lowest BCUT2D eigenvalue weighted by Gasteiger charge is -2.32. The minimum atomic E-state index is 0.0101. The predicted molar refractivity (Wildman–Crippen MR) is 72.6 cm³/mol. The molecule has 1 aromatic rings. The van der Waals surface area contributed by atoms with Gasteiger partial charge in [0.15, 0.2) is 0 Å². The Morgan fingerprint density at radius 1 is 1.47 bits per heavy atom. The number of hydrogen-bond acceptors (Lipinski definition) is 3. The molecule has 0 radical (unpaired) electrons. The summed E-state index contributed by atoms with van der Waals surface area (Å²) in [5.41, 5.74) is 2.17. The summed E-state index contributed by atoms with van der Waals surface area (Å²) in [6.07, 6.45) is 2.86. The van der Waals surface area contributed by atoms with Gasteiger partial charge < -0.3 is 14.4 Å². The van der Waals surface area contributed by atoms with Gasteiger partial charge in [-0.05, 0) is 30.9 Å². The van der Waals surface area contributed by atoms with Crippen LogP contribution in [0.5, 0.6) is 5.75 Å². The SMILES string of the molecule is COc1cccc2c1N(C(=O)C1CCOC1)CCC2. The van der Waals surface area contributed by atoms with Gasteiger partial charge in [0.25, 0.3) is 0 Å². The van der Waals surface area contributed by atoms with Gasteiger partial charge in [-0.2, -0.15) is 0 Å². The number of fused-ring (bicyclic) bond motifs is 1. The van der Waals surface area contributed by atoms with Crippen molar-refractivity contribution >= 4 is 11.6 Å². The number of benzene rings is 1. The number of para-hydroxylation sites is 1. The summed E-state index contributed by atoms with van der Waals surface area (Å²) in [6.45, 7) is 2.03. The van der Waals surface area contributed by atoms with Crippen molar-refractivity contribution in [2.24, 2.45) is 5.92 Å². The van der Waals surface area contributed by atoms with Crippen LogP contribution in [0.15, 0.2) is 18.2 Å². The molecule has 0 spiro atoms. The van der Waals surface area contributed by atoms with Crippen molar-refractivity contribution in [2.75, 3.05) is 31.8 Å². The Kier molecular flexibility index (Phi) is 3.42. The fourth-order valence-corrected chi connectivity index (χ4v) is 2.95. The number of ether oxygens (including phenoxy) is 2. The first-order chi connectivity index (χ1) is 9.31. The van der Waals surface area contributed by atoms with Gasteiger partial charge in [0.1, 0.15) is 5.75 Å². The Hall–Kier alpha value is -1.55. The molecule has 0 bridgehead atoms. The van der Waals surface area contributed by atoms with Crippen LogP contribution in [0.3, 0.4) is 0 Å². The zero-order valence-corrected chi connectivity index (χ0v) is 11.2. The summed E-state index contributed by atoms with van der Waals surface area (Å²) >= 11 is 0. The molecule has 1 saturated heterocycles. The molecule has 4 heteroatoms. The second-order valence-corrected chi connectivity index (χ2v) is 5.12. The van der Waals surface area contributed by atoms with E-state index in [1.807, 2.05) is 17.0 Å². The largest absolute Gasteiger partial charge is 0.495 e. The Morgan fingerprint density at radius 2 is 2.37 bits per heavy atom. The number of anilines is 1. The van der Waals surface area contributed by atoms with Crippen LogP contribution in [0.1, 0.15) is 18.4 Å². The van der Waals surface area contributed by atoms with Gasteiger partial charge in [0.2, 0.25) is 5.91 Å². The zero-order valence-electron chi connectivity index (χ0n) is 11.2. The molecule has 1 atom stereocenters. The molecule has 2 heterocycles. The molecule has 0 aliphatic carbocycles. The molecule has 1 aromatic carbocycles. The summed E-state index contributed by atoms with van der Waals surface area (Å²) < 4.78 is 10.8. The standard InChI is InChI=1S/C15H19NO3/c1-18-13-6-2-4-11-5-3-8-16(14(11)13)15(17)12-7-9-19-10-12/h2,4,6,12H,3,5,7-10H2,1H3. The molecule has 19 heavy (non-hydrogen) atoms. The second kappa shape index (κ2) is 5.21. The molecule has 2 aliphatic rings. The van der Waals surface area contributed by atoms with Gasteiger partial charge in [-0.1, -0.05) is 12.1 Å². The van der Waals surface area contributed by atoms with Crippen LogP contribution in [0, 0.1) is 5.92 Å². The molecule has 0 saturated carbocycles. The smallest absolute Gasteiger partial charge is 0.232 e. The van der Waals surface area contributed by atoms with E-state index in [0.29, 0.717) is 13.2 Å². The fraction of sp³-hybridized carbons (Fsp3) is 0.533. The van der Waals surface area contributed by atoms with E-state index in [9.17, 15) is 4.79 Å². The van der Waals surface area contributed by atoms with Crippen LogP contribution in [0.25, 0.3) is 0 Å². The van der Waals surface area contributed by atoms with E-state index in [0.717, 1.165) is 37.2 Å². The Morgan fingerprint density at radius 3 is 3.11 bits per heavy atom. The van der Waals surface area contributed by atoms with E-state index in [-0.39, 0.29) is 11.8 Å². The predicted octanol–water partition coefficient (Wildman–Crippen LogP) is 2.01. The van der Waals surface area contributed by atoms with Gasteiger partial charge in [0, 0.05) is 13.2 Å². The van der Waals surface area contributed by atoms with Gasteiger partial charge >= 0.3 is 0 Å². The van der Waals surface area contributed by atoms with Crippen molar-refractivity contribution in [3.8, 4) is 5.75 Å². The number of carbonyl (C=O) groups excluding carboxylic acids is 1. The Bertz CT molecular complexity index is 466. The van der Waals surface area contributed by atoms with E-state index in [2.05, 4.69) is 6.07 Å². The van der Waals surface area contributed by atoms with Crippen molar-refractivity contribution in [1.82, 2.24) is 0 Å². The number of aryl methyl sites for hydroxylation is 1. The quantitative estimate of drug-likeness (QED) is 0.817. The summed E-state index contributed by atoms with van der Waals surface area (Å²) in [6, 6.07) is 6.00. The van der Waals surface area contributed by atoms with E-state index >= 15 is 0 Å². The summed E-state index contributed by atoms with van der Waals surface area (Å²) in [7, 11) is 1.66. The van der Waals surface area contributed by atoms with E-state index in [1.54, 1.807) is 7.11 Å². The molecule has 1 unspecified atom stereocenters. The summed E-state index contributed by atoms with van der Waals surface area (Å²) in [4.78, 5) is 14.5. The van der Waals surface area contributed by atoms with Crippen LogP contribution >= 0.6 is 0 Å². The minimum Gasteiger partial charge on any atom is -0.495 e. The van der Waals surface area contributed by atoms with Crippen molar-refractivity contribution in [3.63, 3.8) is 0 Å². The van der Waals surface area contributed by atoms with Crippen molar-refractivity contribution < 1.29 is 14.3 Å². The molecule has 1 amide bonds. The molecule has 0 N–H and O–H groups in total. The molecule has 2 aliphatic heterocycles. The van der Waals surface area contributed by atoms with E-state index in [4.69, 9.17) is 9.47 Å². The maximum Gasteiger partial charge on any atom is 0.232 e. The van der Waals surface area contributed by atoms with Crippen molar-refractivity contribution in [3.05, 3.63) is 23.8 Å². The lowest BCUT2D eigenvalue weighted by atomic mass is 9.98. The highest BCUT2D eigenvalue weighted by Crippen LogP contribution is 2.37. The van der Waals surface area contributed by atoms with Gasteiger partial charge in [-0.25, -0.2) is 0 Å². The number of methoxy groups -OCH3 is 1. The molecule has 0 aromatic heterocycles. The number of carbonyl (C=O) groups is 1. The van der Waals surface area contributed by atoms with Crippen molar-refractivity contribution in [1.29, 1.82) is 0 Å². The van der Waals surface area contributed by atoms with E-state index in [1.165, 1.54) is 5.56 Å². The second-order valence-electron chi connectivity index (χ2n) is 5.12. The van der Waals surface area contributed by atoms with Gasteiger partial charge in [-0.3, -0.25) is 4.79 Å². The van der Waals surface area contributed by atoms with Crippen LogP contribution in [-0.2, 0) is 16.0 Å². The third-order valence-corrected chi connectivity index (χ3v) is 3.95. The third kappa shape index (κ3) is 2.21. The number of amides is 1. The first-order valence-corrected chi connectivity index (χ1v) is 6.86. The average Bonchev–Trinajstić information content (AvgIpc) is 2.99. The van der Waals surface area contributed by atoms with Crippen LogP contribution < -0.4 is 9.64 Å². The lowest BCUT2D eigenvalue weighted by Crippen LogP contribution is -2.40. The maximum absolute atomic E-state index is 12.6. The number of hydrogen-bond donors (Lipinski definition) is 0.